The quantitative estimate of drug-likeness (QED) is 0.631. The van der Waals surface area contributed by atoms with Crippen LogP contribution in [0.2, 0.25) is 0 Å². The third kappa shape index (κ3) is 3.43. The number of carbonyl (C=O) groups is 1. The van der Waals surface area contributed by atoms with Gasteiger partial charge in [0.2, 0.25) is 5.76 Å². The number of hydrogen-bond acceptors (Lipinski definition) is 5. The van der Waals surface area contributed by atoms with Crippen molar-refractivity contribution < 1.29 is 27.1 Å². The maximum absolute atomic E-state index is 14.3. The van der Waals surface area contributed by atoms with Crippen LogP contribution in [0.3, 0.4) is 0 Å². The molecule has 3 aromatic heterocycles. The predicted octanol–water partition coefficient (Wildman–Crippen LogP) is 3.71. The first-order chi connectivity index (χ1) is 15.8. The Morgan fingerprint density at radius 1 is 1.30 bits per heavy atom. The van der Waals surface area contributed by atoms with Gasteiger partial charge in [-0.3, -0.25) is 14.5 Å². The maximum atomic E-state index is 14.3. The number of nitrogens with one attached hydrogen (secondary N) is 1. The van der Waals surface area contributed by atoms with Crippen LogP contribution in [0.25, 0.3) is 11.3 Å². The molecule has 0 aromatic carbocycles. The van der Waals surface area contributed by atoms with Crippen LogP contribution in [0.5, 0.6) is 0 Å². The summed E-state index contributed by atoms with van der Waals surface area (Å²) in [5, 5.41) is 7.06. The Balaban J connectivity index is 1.42. The highest BCUT2D eigenvalue weighted by molar-refractivity contribution is 5.96. The van der Waals surface area contributed by atoms with E-state index in [4.69, 9.17) is 9.15 Å². The summed E-state index contributed by atoms with van der Waals surface area (Å²) >= 11 is 0. The van der Waals surface area contributed by atoms with Gasteiger partial charge < -0.3 is 14.5 Å². The van der Waals surface area contributed by atoms with E-state index in [-0.39, 0.29) is 35.1 Å². The summed E-state index contributed by atoms with van der Waals surface area (Å²) in [6.07, 6.45) is 1.32. The second-order valence-electron chi connectivity index (χ2n) is 8.96. The van der Waals surface area contributed by atoms with Crippen LogP contribution in [0.1, 0.15) is 52.4 Å². The summed E-state index contributed by atoms with van der Waals surface area (Å²) in [7, 11) is 0. The number of alkyl halides is 3. The van der Waals surface area contributed by atoms with Gasteiger partial charge in [0.25, 0.3) is 5.91 Å². The minimum atomic E-state index is -4.77. The molecule has 1 saturated heterocycles. The number of furan rings is 1. The summed E-state index contributed by atoms with van der Waals surface area (Å²) in [4.78, 5) is 17.0. The van der Waals surface area contributed by atoms with E-state index in [1.54, 1.807) is 16.9 Å². The molecule has 2 aliphatic carbocycles. The van der Waals surface area contributed by atoms with Gasteiger partial charge in [0.15, 0.2) is 0 Å². The molecule has 172 valence electrons. The van der Waals surface area contributed by atoms with Crippen LogP contribution < -0.4 is 5.32 Å². The number of amides is 1. The van der Waals surface area contributed by atoms with E-state index in [0.29, 0.717) is 19.6 Å². The van der Waals surface area contributed by atoms with Gasteiger partial charge in [0.1, 0.15) is 17.0 Å². The van der Waals surface area contributed by atoms with Crippen molar-refractivity contribution in [3.05, 3.63) is 58.9 Å². The Morgan fingerprint density at radius 2 is 2.12 bits per heavy atom. The molecule has 3 aliphatic rings. The first-order valence-electron chi connectivity index (χ1n) is 10.9. The molecule has 10 heteroatoms. The zero-order valence-electron chi connectivity index (χ0n) is 17.6. The second-order valence-corrected chi connectivity index (χ2v) is 8.96. The normalized spacial score (nSPS) is 20.2. The lowest BCUT2D eigenvalue weighted by Gasteiger charge is -2.26. The lowest BCUT2D eigenvalue weighted by molar-refractivity contribution is -0.137. The number of rotatable bonds is 5. The third-order valence-corrected chi connectivity index (χ3v) is 6.73. The van der Waals surface area contributed by atoms with Crippen molar-refractivity contribution in [1.29, 1.82) is 0 Å². The molecule has 1 spiro atoms. The maximum Gasteiger partial charge on any atom is 0.420 e. The van der Waals surface area contributed by atoms with Crippen LogP contribution in [0.15, 0.2) is 35.0 Å². The first-order valence-corrected chi connectivity index (χ1v) is 10.9. The van der Waals surface area contributed by atoms with Gasteiger partial charge in [0, 0.05) is 42.9 Å². The summed E-state index contributed by atoms with van der Waals surface area (Å²) in [5.41, 5.74) is 0.348. The fraction of sp³-hybridized carbons (Fsp3) is 0.435. The zero-order valence-corrected chi connectivity index (χ0v) is 17.6. The van der Waals surface area contributed by atoms with Crippen molar-refractivity contribution >= 4 is 5.91 Å². The van der Waals surface area contributed by atoms with Crippen LogP contribution in [-0.2, 0) is 29.3 Å². The topological polar surface area (TPSA) is 82.2 Å². The van der Waals surface area contributed by atoms with Gasteiger partial charge in [-0.25, -0.2) is 0 Å². The van der Waals surface area contributed by atoms with E-state index in [0.717, 1.165) is 30.5 Å². The Hall–Kier alpha value is -3.14. The smallest absolute Gasteiger partial charge is 0.420 e. The average molecular weight is 458 g/mol. The van der Waals surface area contributed by atoms with E-state index in [9.17, 15) is 18.0 Å². The van der Waals surface area contributed by atoms with Crippen molar-refractivity contribution in [3.8, 4) is 11.3 Å². The number of pyridine rings is 1. The summed E-state index contributed by atoms with van der Waals surface area (Å²) < 4.78 is 55.3. The summed E-state index contributed by atoms with van der Waals surface area (Å²) in [6, 6.07) is 5.49. The van der Waals surface area contributed by atoms with Gasteiger partial charge in [-0.15, -0.1) is 0 Å². The standard InChI is InChI=1S/C23H21F3N4O3/c24-23(25,26)18-17-16(33-20(18)21(31)28-10-14-4-8-32-14)9-22(5-6-22)15-12-30(29-19(15)17)11-13-3-1-2-7-27-13/h1-3,7,12,14H,4-6,8-11H2,(H,28,31)/t14-/m0/s1. The Morgan fingerprint density at radius 3 is 2.76 bits per heavy atom. The molecule has 0 bridgehead atoms. The minimum Gasteiger partial charge on any atom is -0.454 e. The van der Waals surface area contributed by atoms with Crippen molar-refractivity contribution in [3.63, 3.8) is 0 Å². The van der Waals surface area contributed by atoms with Crippen LogP contribution in [0, 0.1) is 0 Å². The molecular weight excluding hydrogens is 437 g/mol. The van der Waals surface area contributed by atoms with E-state index in [1.165, 1.54) is 0 Å². The van der Waals surface area contributed by atoms with E-state index < -0.39 is 23.4 Å². The first kappa shape index (κ1) is 20.5. The second kappa shape index (κ2) is 7.18. The number of nitrogens with zero attached hydrogens (tertiary/aromatic N) is 3. The lowest BCUT2D eigenvalue weighted by Crippen LogP contribution is -2.40. The highest BCUT2D eigenvalue weighted by Crippen LogP contribution is 2.59. The number of fused-ring (bicyclic) bond motifs is 4. The largest absolute Gasteiger partial charge is 0.454 e. The van der Waals surface area contributed by atoms with Crippen LogP contribution >= 0.6 is 0 Å². The minimum absolute atomic E-state index is 0.111. The highest BCUT2D eigenvalue weighted by Gasteiger charge is 2.55. The third-order valence-electron chi connectivity index (χ3n) is 6.73. The van der Waals surface area contributed by atoms with E-state index >= 15 is 0 Å². The molecule has 0 unspecified atom stereocenters. The lowest BCUT2D eigenvalue weighted by atomic mass is 9.82. The molecule has 1 saturated carbocycles. The summed E-state index contributed by atoms with van der Waals surface area (Å²) in [5.74, 6) is -1.40. The Bertz CT molecular complexity index is 1220. The van der Waals surface area contributed by atoms with Gasteiger partial charge >= 0.3 is 6.18 Å². The Kier molecular flexibility index (Phi) is 4.45. The van der Waals surface area contributed by atoms with E-state index in [1.807, 2.05) is 18.3 Å². The predicted molar refractivity (Wildman–Crippen MR) is 110 cm³/mol. The van der Waals surface area contributed by atoms with Gasteiger partial charge in [0.05, 0.1) is 23.9 Å². The number of carbonyl (C=O) groups excluding carboxylic acids is 1. The van der Waals surface area contributed by atoms with Crippen molar-refractivity contribution in [2.24, 2.45) is 0 Å². The monoisotopic (exact) mass is 458 g/mol. The molecule has 3 aromatic rings. The molecular formula is C23H21F3N4O3. The van der Waals surface area contributed by atoms with Crippen molar-refractivity contribution in [1.82, 2.24) is 20.1 Å². The molecule has 33 heavy (non-hydrogen) atoms. The SMILES string of the molecule is O=C(NC[C@@H]1CCO1)c1oc2c(c1C(F)(F)F)-c1nn(Cc3ccccn3)cc1C1(CC1)C2. The Labute approximate surface area is 186 Å². The number of aromatic nitrogens is 3. The van der Waals surface area contributed by atoms with Gasteiger partial charge in [-0.05, 0) is 31.4 Å². The fourth-order valence-corrected chi connectivity index (χ4v) is 4.75. The van der Waals surface area contributed by atoms with Crippen LogP contribution in [0.4, 0.5) is 13.2 Å². The molecule has 2 fully saturated rings. The van der Waals surface area contributed by atoms with Gasteiger partial charge in [-0.2, -0.15) is 18.3 Å². The average Bonchev–Trinajstić information content (AvgIpc) is 3.18. The van der Waals surface area contributed by atoms with Crippen molar-refractivity contribution in [2.75, 3.05) is 13.2 Å². The molecule has 6 rings (SSSR count). The number of halogens is 3. The molecule has 1 N–H and O–H groups in total. The molecule has 1 amide bonds. The van der Waals surface area contributed by atoms with E-state index in [2.05, 4.69) is 15.4 Å². The highest BCUT2D eigenvalue weighted by atomic mass is 19.4. The molecule has 4 heterocycles. The zero-order chi connectivity index (χ0) is 22.8. The molecule has 0 radical (unpaired) electrons. The summed E-state index contributed by atoms with van der Waals surface area (Å²) in [6.45, 7) is 1.08. The molecule has 1 aliphatic heterocycles. The van der Waals surface area contributed by atoms with Crippen molar-refractivity contribution in [2.45, 2.75) is 49.9 Å². The number of hydrogen-bond donors (Lipinski definition) is 1. The number of ether oxygens (including phenoxy) is 1. The van der Waals surface area contributed by atoms with Gasteiger partial charge in [-0.1, -0.05) is 6.07 Å². The molecule has 1 atom stereocenters. The van der Waals surface area contributed by atoms with Crippen LogP contribution in [-0.4, -0.2) is 39.9 Å². The fourth-order valence-electron chi connectivity index (χ4n) is 4.75. The molecule has 7 nitrogen and oxygen atoms in total.